The van der Waals surface area contributed by atoms with E-state index in [2.05, 4.69) is 9.80 Å². The molecular formula is C21H31FN4O2. The molecule has 0 spiro atoms. The maximum absolute atomic E-state index is 13.1. The molecule has 0 aliphatic carbocycles. The van der Waals surface area contributed by atoms with Gasteiger partial charge in [0.25, 0.3) is 0 Å². The molecule has 2 aliphatic rings. The van der Waals surface area contributed by atoms with Gasteiger partial charge in [-0.25, -0.2) is 4.39 Å². The fourth-order valence-corrected chi connectivity index (χ4v) is 4.06. The lowest BCUT2D eigenvalue weighted by molar-refractivity contribution is -0.136. The Labute approximate surface area is 166 Å². The smallest absolute Gasteiger partial charge is 0.239 e. The minimum absolute atomic E-state index is 0.161. The lowest BCUT2D eigenvalue weighted by Crippen LogP contribution is -2.54. The van der Waals surface area contributed by atoms with E-state index in [4.69, 9.17) is 0 Å². The number of halogens is 1. The van der Waals surface area contributed by atoms with Crippen molar-refractivity contribution < 1.29 is 14.0 Å². The molecule has 3 rings (SSSR count). The normalized spacial score (nSPS) is 20.0. The standard InChI is InChI=1S/C21H31FN4O2/c1-3-20(27)25-10-4-9-23(11-14-25)17(2)21(28)26-15-12-24(13-16-26)19-7-5-18(22)6-8-19/h5-8,17H,3-4,9-16H2,1-2H3. The number of carbonyl (C=O) groups excluding carboxylic acids is 2. The Kier molecular flexibility index (Phi) is 6.88. The Bertz CT molecular complexity index is 673. The van der Waals surface area contributed by atoms with Crippen LogP contribution in [0.2, 0.25) is 0 Å². The summed E-state index contributed by atoms with van der Waals surface area (Å²) in [5.41, 5.74) is 0.995. The maximum Gasteiger partial charge on any atom is 0.239 e. The molecule has 6 nitrogen and oxygen atoms in total. The molecule has 154 valence electrons. The molecule has 1 atom stereocenters. The van der Waals surface area contributed by atoms with Crippen molar-refractivity contribution in [1.29, 1.82) is 0 Å². The van der Waals surface area contributed by atoms with Crippen LogP contribution in [0.25, 0.3) is 0 Å². The van der Waals surface area contributed by atoms with Gasteiger partial charge in [-0.15, -0.1) is 0 Å². The molecule has 2 saturated heterocycles. The molecule has 2 amide bonds. The number of hydrogen-bond donors (Lipinski definition) is 0. The van der Waals surface area contributed by atoms with Gasteiger partial charge < -0.3 is 14.7 Å². The number of piperazine rings is 1. The molecule has 2 heterocycles. The van der Waals surface area contributed by atoms with E-state index in [1.807, 2.05) is 23.6 Å². The van der Waals surface area contributed by atoms with E-state index in [0.717, 1.165) is 44.8 Å². The Morgan fingerprint density at radius 2 is 1.57 bits per heavy atom. The third-order valence-corrected chi connectivity index (χ3v) is 5.87. The van der Waals surface area contributed by atoms with Crippen molar-refractivity contribution in [3.05, 3.63) is 30.1 Å². The van der Waals surface area contributed by atoms with Gasteiger partial charge in [0, 0.05) is 64.5 Å². The predicted octanol–water partition coefficient (Wildman–Crippen LogP) is 1.81. The Morgan fingerprint density at radius 3 is 2.21 bits per heavy atom. The molecule has 1 aromatic rings. The van der Waals surface area contributed by atoms with E-state index in [1.165, 1.54) is 12.1 Å². The number of benzene rings is 1. The molecule has 2 fully saturated rings. The van der Waals surface area contributed by atoms with Crippen molar-refractivity contribution in [3.63, 3.8) is 0 Å². The van der Waals surface area contributed by atoms with Crippen LogP contribution in [0.4, 0.5) is 10.1 Å². The summed E-state index contributed by atoms with van der Waals surface area (Å²) in [4.78, 5) is 33.2. The van der Waals surface area contributed by atoms with Gasteiger partial charge in [-0.05, 0) is 37.6 Å². The van der Waals surface area contributed by atoms with Crippen LogP contribution < -0.4 is 4.90 Å². The maximum atomic E-state index is 13.1. The highest BCUT2D eigenvalue weighted by molar-refractivity contribution is 5.82. The highest BCUT2D eigenvalue weighted by Gasteiger charge is 2.30. The van der Waals surface area contributed by atoms with E-state index in [-0.39, 0.29) is 23.7 Å². The summed E-state index contributed by atoms with van der Waals surface area (Å²) in [6.45, 7) is 9.79. The molecule has 0 saturated carbocycles. The number of amides is 2. The topological polar surface area (TPSA) is 47.1 Å². The third-order valence-electron chi connectivity index (χ3n) is 5.87. The Morgan fingerprint density at radius 1 is 0.929 bits per heavy atom. The summed E-state index contributed by atoms with van der Waals surface area (Å²) in [5, 5.41) is 0. The average molecular weight is 391 g/mol. The number of anilines is 1. The molecule has 7 heteroatoms. The number of rotatable bonds is 4. The van der Waals surface area contributed by atoms with Crippen molar-refractivity contribution in [2.75, 3.05) is 57.3 Å². The Balaban J connectivity index is 1.51. The van der Waals surface area contributed by atoms with Gasteiger partial charge in [0.15, 0.2) is 0 Å². The van der Waals surface area contributed by atoms with E-state index >= 15 is 0 Å². The SMILES string of the molecule is CCC(=O)N1CCCN(C(C)C(=O)N2CCN(c3ccc(F)cc3)CC2)CC1. The van der Waals surface area contributed by atoms with Crippen molar-refractivity contribution in [2.24, 2.45) is 0 Å². The second-order valence-corrected chi connectivity index (χ2v) is 7.59. The molecule has 28 heavy (non-hydrogen) atoms. The zero-order chi connectivity index (χ0) is 20.1. The van der Waals surface area contributed by atoms with Crippen molar-refractivity contribution in [3.8, 4) is 0 Å². The number of carbonyl (C=O) groups is 2. The largest absolute Gasteiger partial charge is 0.368 e. The van der Waals surface area contributed by atoms with Gasteiger partial charge in [-0.1, -0.05) is 6.92 Å². The zero-order valence-electron chi connectivity index (χ0n) is 16.9. The minimum atomic E-state index is -0.233. The average Bonchev–Trinajstić information content (AvgIpc) is 2.99. The summed E-state index contributed by atoms with van der Waals surface area (Å²) in [5.74, 6) is 0.120. The van der Waals surface area contributed by atoms with Gasteiger partial charge >= 0.3 is 0 Å². The first-order valence-corrected chi connectivity index (χ1v) is 10.3. The lowest BCUT2D eigenvalue weighted by Gasteiger charge is -2.39. The molecule has 0 bridgehead atoms. The van der Waals surface area contributed by atoms with Crippen LogP contribution >= 0.6 is 0 Å². The van der Waals surface area contributed by atoms with Gasteiger partial charge in [-0.3, -0.25) is 14.5 Å². The van der Waals surface area contributed by atoms with Crippen molar-refractivity contribution in [2.45, 2.75) is 32.7 Å². The molecule has 0 radical (unpaired) electrons. The fraction of sp³-hybridized carbons (Fsp3) is 0.619. The fourth-order valence-electron chi connectivity index (χ4n) is 4.06. The molecule has 1 unspecified atom stereocenters. The summed E-state index contributed by atoms with van der Waals surface area (Å²) in [6, 6.07) is 6.35. The van der Waals surface area contributed by atoms with Crippen LogP contribution in [0.1, 0.15) is 26.7 Å². The van der Waals surface area contributed by atoms with Crippen LogP contribution in [0, 0.1) is 5.82 Å². The summed E-state index contributed by atoms with van der Waals surface area (Å²) >= 11 is 0. The lowest BCUT2D eigenvalue weighted by atomic mass is 10.2. The molecular weight excluding hydrogens is 359 g/mol. The predicted molar refractivity (Wildman–Crippen MR) is 108 cm³/mol. The first-order valence-electron chi connectivity index (χ1n) is 10.3. The quantitative estimate of drug-likeness (QED) is 0.787. The number of hydrogen-bond acceptors (Lipinski definition) is 4. The first kappa shape index (κ1) is 20.6. The van der Waals surface area contributed by atoms with Crippen LogP contribution in [0.3, 0.4) is 0 Å². The van der Waals surface area contributed by atoms with E-state index in [1.54, 1.807) is 12.1 Å². The molecule has 0 aromatic heterocycles. The van der Waals surface area contributed by atoms with Crippen LogP contribution in [-0.4, -0.2) is 84.9 Å². The second kappa shape index (κ2) is 9.37. The highest BCUT2D eigenvalue weighted by Crippen LogP contribution is 2.18. The van der Waals surface area contributed by atoms with E-state index in [0.29, 0.717) is 26.1 Å². The van der Waals surface area contributed by atoms with Crippen molar-refractivity contribution >= 4 is 17.5 Å². The van der Waals surface area contributed by atoms with Crippen LogP contribution in [-0.2, 0) is 9.59 Å². The summed E-state index contributed by atoms with van der Waals surface area (Å²) in [7, 11) is 0. The summed E-state index contributed by atoms with van der Waals surface area (Å²) < 4.78 is 13.1. The monoisotopic (exact) mass is 390 g/mol. The van der Waals surface area contributed by atoms with Crippen LogP contribution in [0.15, 0.2) is 24.3 Å². The summed E-state index contributed by atoms with van der Waals surface area (Å²) in [6.07, 6.45) is 1.44. The number of nitrogens with zero attached hydrogens (tertiary/aromatic N) is 4. The van der Waals surface area contributed by atoms with E-state index in [9.17, 15) is 14.0 Å². The molecule has 2 aliphatic heterocycles. The zero-order valence-corrected chi connectivity index (χ0v) is 16.9. The van der Waals surface area contributed by atoms with Gasteiger partial charge in [-0.2, -0.15) is 0 Å². The van der Waals surface area contributed by atoms with Crippen LogP contribution in [0.5, 0.6) is 0 Å². The second-order valence-electron chi connectivity index (χ2n) is 7.59. The highest BCUT2D eigenvalue weighted by atomic mass is 19.1. The van der Waals surface area contributed by atoms with Gasteiger partial charge in [0.1, 0.15) is 5.82 Å². The third kappa shape index (κ3) is 4.82. The Hall–Kier alpha value is -2.15. The van der Waals surface area contributed by atoms with Crippen molar-refractivity contribution in [1.82, 2.24) is 14.7 Å². The molecule has 1 aromatic carbocycles. The minimum Gasteiger partial charge on any atom is -0.368 e. The van der Waals surface area contributed by atoms with Gasteiger partial charge in [0.2, 0.25) is 11.8 Å². The van der Waals surface area contributed by atoms with E-state index < -0.39 is 0 Å². The first-order chi connectivity index (χ1) is 13.5. The van der Waals surface area contributed by atoms with Gasteiger partial charge in [0.05, 0.1) is 6.04 Å². The molecule has 0 N–H and O–H groups in total.